The van der Waals surface area contributed by atoms with E-state index >= 15 is 0 Å². The Morgan fingerprint density at radius 3 is 2.22 bits per heavy atom. The summed E-state index contributed by atoms with van der Waals surface area (Å²) in [4.78, 5) is 11.4. The van der Waals surface area contributed by atoms with Crippen LogP contribution < -0.4 is 5.32 Å². The summed E-state index contributed by atoms with van der Waals surface area (Å²) < 4.78 is 32.1. The monoisotopic (exact) mass is 333 g/mol. The summed E-state index contributed by atoms with van der Waals surface area (Å²) >= 11 is 0. The fraction of sp³-hybridized carbons (Fsp3) is 0.533. The molecule has 0 bridgehead atoms. The van der Waals surface area contributed by atoms with E-state index in [1.54, 1.807) is 20.8 Å². The summed E-state index contributed by atoms with van der Waals surface area (Å²) in [6.45, 7) is 3.78. The van der Waals surface area contributed by atoms with Crippen LogP contribution in [0.25, 0.3) is 0 Å². The molecule has 0 fully saturated rings. The van der Waals surface area contributed by atoms with Crippen molar-refractivity contribution in [2.45, 2.75) is 45.2 Å². The molecule has 0 aliphatic carbocycles. The van der Waals surface area contributed by atoms with E-state index in [-0.39, 0.29) is 12.1 Å². The average molecular weight is 333 g/mol. The Hall–Kier alpha value is -1.77. The molecule has 0 aliphatic rings. The predicted molar refractivity (Wildman–Crippen MR) is 77.5 cm³/mol. The van der Waals surface area contributed by atoms with Crippen molar-refractivity contribution >= 4 is 6.09 Å². The van der Waals surface area contributed by atoms with Crippen molar-refractivity contribution < 1.29 is 33.6 Å². The second-order valence-electron chi connectivity index (χ2n) is 6.02. The summed E-state index contributed by atoms with van der Waals surface area (Å²) in [5.74, 6) is -2.07. The van der Waals surface area contributed by atoms with Crippen LogP contribution in [0.4, 0.5) is 13.6 Å². The number of halogens is 2. The molecule has 0 radical (unpaired) electrons. The van der Waals surface area contributed by atoms with Crippen molar-refractivity contribution in [3.8, 4) is 0 Å². The zero-order chi connectivity index (χ0) is 17.8. The second kappa shape index (κ2) is 7.67. The van der Waals surface area contributed by atoms with Crippen molar-refractivity contribution in [2.24, 2.45) is 0 Å². The molecule has 0 heterocycles. The Kier molecular flexibility index (Phi) is 6.43. The molecular weight excluding hydrogens is 312 g/mol. The van der Waals surface area contributed by atoms with Gasteiger partial charge in [0.15, 0.2) is 0 Å². The molecule has 0 saturated carbocycles. The van der Waals surface area contributed by atoms with E-state index in [0.29, 0.717) is 0 Å². The average Bonchev–Trinajstić information content (AvgIpc) is 2.41. The zero-order valence-electron chi connectivity index (χ0n) is 13.1. The number of hydrogen-bond acceptors (Lipinski definition) is 5. The zero-order valence-corrected chi connectivity index (χ0v) is 13.1. The maximum Gasteiger partial charge on any atom is 0.407 e. The van der Waals surface area contributed by atoms with Gasteiger partial charge in [0.1, 0.15) is 29.4 Å². The molecule has 1 amide bonds. The molecule has 1 aromatic carbocycles. The number of benzene rings is 1. The molecule has 4 N–H and O–H groups in total. The fourth-order valence-corrected chi connectivity index (χ4v) is 1.78. The number of rotatable bonds is 5. The first-order valence-corrected chi connectivity index (χ1v) is 6.97. The molecule has 0 spiro atoms. The first kappa shape index (κ1) is 19.3. The number of alkyl carbamates (subject to hydrolysis) is 1. The minimum Gasteiger partial charge on any atom is -0.444 e. The highest BCUT2D eigenvalue weighted by atomic mass is 19.1. The largest absolute Gasteiger partial charge is 0.444 e. The third kappa shape index (κ3) is 5.74. The highest BCUT2D eigenvalue weighted by molar-refractivity contribution is 5.67. The SMILES string of the molecule is CC(C)(C)OC(=O)NCC(O)C(O)c1cc(F)c(CO)c(F)c1. The van der Waals surface area contributed by atoms with Gasteiger partial charge in [-0.1, -0.05) is 0 Å². The summed E-state index contributed by atoms with van der Waals surface area (Å²) in [5, 5.41) is 30.8. The number of hydrogen-bond donors (Lipinski definition) is 4. The van der Waals surface area contributed by atoms with E-state index < -0.39 is 47.7 Å². The molecule has 0 saturated heterocycles. The van der Waals surface area contributed by atoms with E-state index in [1.807, 2.05) is 0 Å². The number of carbonyl (C=O) groups is 1. The van der Waals surface area contributed by atoms with Gasteiger partial charge in [-0.05, 0) is 38.5 Å². The van der Waals surface area contributed by atoms with Crippen molar-refractivity contribution in [1.29, 1.82) is 0 Å². The van der Waals surface area contributed by atoms with Crippen molar-refractivity contribution in [3.63, 3.8) is 0 Å². The maximum atomic E-state index is 13.6. The van der Waals surface area contributed by atoms with E-state index in [4.69, 9.17) is 9.84 Å². The molecule has 23 heavy (non-hydrogen) atoms. The van der Waals surface area contributed by atoms with Gasteiger partial charge in [0.2, 0.25) is 0 Å². The van der Waals surface area contributed by atoms with Crippen LogP contribution >= 0.6 is 0 Å². The molecule has 0 aliphatic heterocycles. The second-order valence-corrected chi connectivity index (χ2v) is 6.02. The van der Waals surface area contributed by atoms with Gasteiger partial charge in [0.05, 0.1) is 6.61 Å². The standard InChI is InChI=1S/C15H21F2NO5/c1-15(2,3)23-14(22)18-6-12(20)13(21)8-4-10(16)9(7-19)11(17)5-8/h4-5,12-13,19-21H,6-7H2,1-3H3,(H,18,22). The van der Waals surface area contributed by atoms with E-state index in [0.717, 1.165) is 12.1 Å². The Labute approximate surface area is 132 Å². The first-order valence-electron chi connectivity index (χ1n) is 6.97. The van der Waals surface area contributed by atoms with Gasteiger partial charge in [-0.25, -0.2) is 13.6 Å². The van der Waals surface area contributed by atoms with Crippen LogP contribution in [0.1, 0.15) is 38.0 Å². The number of ether oxygens (including phenoxy) is 1. The van der Waals surface area contributed by atoms with E-state index in [2.05, 4.69) is 5.32 Å². The number of amides is 1. The summed E-state index contributed by atoms with van der Waals surface area (Å²) in [7, 11) is 0. The molecule has 1 rings (SSSR count). The Balaban J connectivity index is 2.70. The minimum absolute atomic E-state index is 0.212. The van der Waals surface area contributed by atoms with Crippen molar-refractivity contribution in [3.05, 3.63) is 34.9 Å². The molecule has 1 aromatic rings. The maximum absolute atomic E-state index is 13.6. The van der Waals surface area contributed by atoms with Crippen LogP contribution in [0.15, 0.2) is 12.1 Å². The quantitative estimate of drug-likeness (QED) is 0.652. The fourth-order valence-electron chi connectivity index (χ4n) is 1.78. The lowest BCUT2D eigenvalue weighted by Gasteiger charge is -2.22. The van der Waals surface area contributed by atoms with Crippen molar-refractivity contribution in [1.82, 2.24) is 5.32 Å². The molecule has 2 unspecified atom stereocenters. The Morgan fingerprint density at radius 1 is 1.26 bits per heavy atom. The lowest BCUT2D eigenvalue weighted by Crippen LogP contribution is -2.38. The Morgan fingerprint density at radius 2 is 1.78 bits per heavy atom. The Bertz CT molecular complexity index is 536. The third-order valence-electron chi connectivity index (χ3n) is 2.88. The van der Waals surface area contributed by atoms with Gasteiger partial charge in [0.25, 0.3) is 0 Å². The summed E-state index contributed by atoms with van der Waals surface area (Å²) in [6.07, 6.45) is -3.92. The molecule has 6 nitrogen and oxygen atoms in total. The van der Waals surface area contributed by atoms with E-state index in [9.17, 15) is 23.8 Å². The summed E-state index contributed by atoms with van der Waals surface area (Å²) in [5.41, 5.74) is -1.46. The number of nitrogens with one attached hydrogen (secondary N) is 1. The minimum atomic E-state index is -1.62. The molecule has 130 valence electrons. The van der Waals surface area contributed by atoms with Crippen molar-refractivity contribution in [2.75, 3.05) is 6.54 Å². The summed E-state index contributed by atoms with van der Waals surface area (Å²) in [6, 6.07) is 1.63. The number of carbonyl (C=O) groups excluding carboxylic acids is 1. The lowest BCUT2D eigenvalue weighted by molar-refractivity contribution is 0.0126. The smallest absolute Gasteiger partial charge is 0.407 e. The molecular formula is C15H21F2NO5. The van der Waals surface area contributed by atoms with Crippen LogP contribution in [-0.4, -0.2) is 39.7 Å². The van der Waals surface area contributed by atoms with Gasteiger partial charge in [-0.15, -0.1) is 0 Å². The first-order chi connectivity index (χ1) is 10.5. The van der Waals surface area contributed by atoms with Crippen LogP contribution in [0.5, 0.6) is 0 Å². The molecule has 2 atom stereocenters. The van der Waals surface area contributed by atoms with Gasteiger partial charge in [0, 0.05) is 12.1 Å². The lowest BCUT2D eigenvalue weighted by atomic mass is 10.0. The van der Waals surface area contributed by atoms with Crippen LogP contribution in [0, 0.1) is 11.6 Å². The normalized spacial score (nSPS) is 14.3. The number of aliphatic hydroxyl groups is 3. The third-order valence-corrected chi connectivity index (χ3v) is 2.88. The highest BCUT2D eigenvalue weighted by Gasteiger charge is 2.23. The highest BCUT2D eigenvalue weighted by Crippen LogP contribution is 2.22. The van der Waals surface area contributed by atoms with E-state index in [1.165, 1.54) is 0 Å². The topological polar surface area (TPSA) is 99.0 Å². The van der Waals surface area contributed by atoms with Gasteiger partial charge in [-0.2, -0.15) is 0 Å². The number of aliphatic hydroxyl groups excluding tert-OH is 3. The predicted octanol–water partition coefficient (Wildman–Crippen LogP) is 1.38. The van der Waals surface area contributed by atoms with Crippen LogP contribution in [0.2, 0.25) is 0 Å². The van der Waals surface area contributed by atoms with Gasteiger partial charge in [-0.3, -0.25) is 0 Å². The molecule has 0 aromatic heterocycles. The van der Waals surface area contributed by atoms with Crippen LogP contribution in [0.3, 0.4) is 0 Å². The van der Waals surface area contributed by atoms with Crippen LogP contribution in [-0.2, 0) is 11.3 Å². The van der Waals surface area contributed by atoms with Gasteiger partial charge >= 0.3 is 6.09 Å². The van der Waals surface area contributed by atoms with Gasteiger partial charge < -0.3 is 25.4 Å². The molecule has 8 heteroatoms.